The van der Waals surface area contributed by atoms with Crippen LogP contribution in [0.1, 0.15) is 37.5 Å². The zero-order chi connectivity index (χ0) is 21.1. The number of nitrogens with zero attached hydrogens (tertiary/aromatic N) is 2. The number of benzene rings is 1. The molecule has 1 aromatic carbocycles. The number of rotatable bonds is 6. The zero-order valence-corrected chi connectivity index (χ0v) is 18.1. The maximum Gasteiger partial charge on any atom is 0.425 e. The number of anilines is 1. The summed E-state index contributed by atoms with van der Waals surface area (Å²) < 4.78 is 46.5. The van der Waals surface area contributed by atoms with Crippen LogP contribution in [0.3, 0.4) is 0 Å². The molecule has 2 aliphatic rings. The van der Waals surface area contributed by atoms with Gasteiger partial charge in [-0.25, -0.2) is 0 Å². The second-order valence-corrected chi connectivity index (χ2v) is 9.15. The number of alkyl halides is 3. The summed E-state index contributed by atoms with van der Waals surface area (Å²) in [7, 11) is 0. The van der Waals surface area contributed by atoms with E-state index in [4.69, 9.17) is 4.74 Å². The van der Waals surface area contributed by atoms with Crippen LogP contribution in [0.25, 0.3) is 10.4 Å². The molecule has 0 spiro atoms. The summed E-state index contributed by atoms with van der Waals surface area (Å²) in [5.74, 6) is 0.431. The van der Waals surface area contributed by atoms with Gasteiger partial charge in [0.05, 0.1) is 10.6 Å². The van der Waals surface area contributed by atoms with Crippen LogP contribution in [-0.2, 0) is 10.9 Å². The molecule has 2 fully saturated rings. The summed E-state index contributed by atoms with van der Waals surface area (Å²) in [4.78, 5) is 4.77. The van der Waals surface area contributed by atoms with Crippen molar-refractivity contribution in [2.24, 2.45) is 5.92 Å². The van der Waals surface area contributed by atoms with Gasteiger partial charge in [-0.3, -0.25) is 4.90 Å². The molecule has 3 nitrogen and oxygen atoms in total. The quantitative estimate of drug-likeness (QED) is 0.541. The molecule has 0 amide bonds. The minimum absolute atomic E-state index is 0.140. The lowest BCUT2D eigenvalue weighted by Crippen LogP contribution is -2.46. The van der Waals surface area contributed by atoms with Crippen molar-refractivity contribution >= 4 is 17.0 Å². The van der Waals surface area contributed by atoms with Crippen molar-refractivity contribution in [1.29, 1.82) is 0 Å². The number of thiophene rings is 1. The SMILES string of the molecule is CCOC(C1CCN(c2cc(C(F)(F)F)sc2-c2ccccc2)CC1)N1CCCC1. The molecule has 1 aromatic heterocycles. The average Bonchev–Trinajstić information content (AvgIpc) is 3.43. The highest BCUT2D eigenvalue weighted by molar-refractivity contribution is 7.16. The lowest BCUT2D eigenvalue weighted by molar-refractivity contribution is -0.134. The third kappa shape index (κ3) is 4.68. The molecule has 164 valence electrons. The highest BCUT2D eigenvalue weighted by atomic mass is 32.1. The molecule has 2 saturated heterocycles. The Labute approximate surface area is 180 Å². The first kappa shape index (κ1) is 21.7. The van der Waals surface area contributed by atoms with Gasteiger partial charge in [0.25, 0.3) is 0 Å². The van der Waals surface area contributed by atoms with Crippen LogP contribution in [0.4, 0.5) is 18.9 Å². The van der Waals surface area contributed by atoms with E-state index >= 15 is 0 Å². The minimum atomic E-state index is -4.32. The van der Waals surface area contributed by atoms with E-state index in [-0.39, 0.29) is 6.23 Å². The molecule has 1 atom stereocenters. The molecule has 3 heterocycles. The summed E-state index contributed by atoms with van der Waals surface area (Å²) in [6.45, 7) is 6.42. The van der Waals surface area contributed by atoms with Crippen LogP contribution in [0.5, 0.6) is 0 Å². The van der Waals surface area contributed by atoms with Crippen LogP contribution in [0, 0.1) is 5.92 Å². The summed E-state index contributed by atoms with van der Waals surface area (Å²) in [6.07, 6.45) is 0.136. The van der Waals surface area contributed by atoms with E-state index in [1.807, 2.05) is 37.3 Å². The molecule has 0 saturated carbocycles. The van der Waals surface area contributed by atoms with Gasteiger partial charge in [-0.05, 0) is 44.2 Å². The topological polar surface area (TPSA) is 15.7 Å². The largest absolute Gasteiger partial charge is 0.425 e. The van der Waals surface area contributed by atoms with Crippen molar-refractivity contribution in [2.45, 2.75) is 45.0 Å². The highest BCUT2D eigenvalue weighted by Gasteiger charge is 2.37. The molecule has 0 aliphatic carbocycles. The van der Waals surface area contributed by atoms with Crippen LogP contribution >= 0.6 is 11.3 Å². The third-order valence-electron chi connectivity index (χ3n) is 6.15. The highest BCUT2D eigenvalue weighted by Crippen LogP contribution is 2.46. The molecule has 0 N–H and O–H groups in total. The molecule has 0 bridgehead atoms. The van der Waals surface area contributed by atoms with Gasteiger partial charge < -0.3 is 9.64 Å². The molecule has 2 aromatic rings. The standard InChI is InChI=1S/C23H29F3N2OS/c1-2-29-22(28-12-6-7-13-28)18-10-14-27(15-11-18)19-16-20(23(24,25)26)30-21(19)17-8-4-3-5-9-17/h3-5,8-9,16,18,22H,2,6-7,10-15H2,1H3. The van der Waals surface area contributed by atoms with Crippen LogP contribution in [0.2, 0.25) is 0 Å². The fraction of sp³-hybridized carbons (Fsp3) is 0.565. The number of halogens is 3. The molecular weight excluding hydrogens is 409 g/mol. The molecule has 0 radical (unpaired) electrons. The van der Waals surface area contributed by atoms with Gasteiger partial charge in [0, 0.05) is 38.7 Å². The Kier molecular flexibility index (Phi) is 6.70. The second-order valence-electron chi connectivity index (χ2n) is 8.10. The van der Waals surface area contributed by atoms with Crippen molar-refractivity contribution in [3.05, 3.63) is 41.3 Å². The lowest BCUT2D eigenvalue weighted by Gasteiger charge is -2.40. The molecule has 1 unspecified atom stereocenters. The van der Waals surface area contributed by atoms with Gasteiger partial charge in [0.1, 0.15) is 11.1 Å². The Bertz CT molecular complexity index is 810. The summed E-state index contributed by atoms with van der Waals surface area (Å²) in [6, 6.07) is 10.8. The van der Waals surface area contributed by atoms with E-state index < -0.39 is 11.1 Å². The monoisotopic (exact) mass is 438 g/mol. The lowest BCUT2D eigenvalue weighted by atomic mass is 9.93. The normalized spacial score (nSPS) is 20.1. The maximum atomic E-state index is 13.5. The first-order valence-corrected chi connectivity index (χ1v) is 11.7. The number of hydrogen-bond acceptors (Lipinski definition) is 4. The Morgan fingerprint density at radius 2 is 1.73 bits per heavy atom. The van der Waals surface area contributed by atoms with E-state index in [9.17, 15) is 13.2 Å². The number of ether oxygens (including phenoxy) is 1. The first-order chi connectivity index (χ1) is 14.5. The van der Waals surface area contributed by atoms with Gasteiger partial charge in [0.2, 0.25) is 0 Å². The van der Waals surface area contributed by atoms with Crippen LogP contribution in [-0.4, -0.2) is 43.9 Å². The molecule has 2 aliphatic heterocycles. The van der Waals surface area contributed by atoms with Gasteiger partial charge in [-0.1, -0.05) is 30.3 Å². The fourth-order valence-electron chi connectivity index (χ4n) is 4.68. The minimum Gasteiger partial charge on any atom is -0.370 e. The van der Waals surface area contributed by atoms with E-state index in [0.717, 1.165) is 55.9 Å². The smallest absolute Gasteiger partial charge is 0.370 e. The Morgan fingerprint density at radius 1 is 1.07 bits per heavy atom. The summed E-state index contributed by atoms with van der Waals surface area (Å²) >= 11 is 0.849. The maximum absolute atomic E-state index is 13.5. The third-order valence-corrected chi connectivity index (χ3v) is 7.37. The molecule has 7 heteroatoms. The van der Waals surface area contributed by atoms with Crippen LogP contribution in [0.15, 0.2) is 36.4 Å². The van der Waals surface area contributed by atoms with Crippen molar-refractivity contribution in [3.63, 3.8) is 0 Å². The van der Waals surface area contributed by atoms with E-state index in [0.29, 0.717) is 23.1 Å². The van der Waals surface area contributed by atoms with Crippen molar-refractivity contribution in [3.8, 4) is 10.4 Å². The molecule has 4 rings (SSSR count). The second kappa shape index (κ2) is 9.28. The summed E-state index contributed by atoms with van der Waals surface area (Å²) in [5, 5.41) is 0. The van der Waals surface area contributed by atoms with Crippen molar-refractivity contribution in [2.75, 3.05) is 37.7 Å². The molecule has 30 heavy (non-hydrogen) atoms. The van der Waals surface area contributed by atoms with E-state index in [1.165, 1.54) is 18.9 Å². The van der Waals surface area contributed by atoms with Gasteiger partial charge >= 0.3 is 6.18 Å². The van der Waals surface area contributed by atoms with Gasteiger partial charge in [0.15, 0.2) is 0 Å². The molecular formula is C23H29F3N2OS. The van der Waals surface area contributed by atoms with Crippen molar-refractivity contribution < 1.29 is 17.9 Å². The Hall–Kier alpha value is -1.57. The number of hydrogen-bond donors (Lipinski definition) is 0. The van der Waals surface area contributed by atoms with Gasteiger partial charge in [-0.15, -0.1) is 11.3 Å². The fourth-order valence-corrected chi connectivity index (χ4v) is 5.74. The zero-order valence-electron chi connectivity index (χ0n) is 17.3. The first-order valence-electron chi connectivity index (χ1n) is 10.8. The predicted molar refractivity (Wildman–Crippen MR) is 116 cm³/mol. The van der Waals surface area contributed by atoms with E-state index in [1.54, 1.807) is 0 Å². The predicted octanol–water partition coefficient (Wildman–Crippen LogP) is 6.11. The van der Waals surface area contributed by atoms with Gasteiger partial charge in [-0.2, -0.15) is 13.2 Å². The van der Waals surface area contributed by atoms with Crippen molar-refractivity contribution in [1.82, 2.24) is 4.90 Å². The Morgan fingerprint density at radius 3 is 2.33 bits per heavy atom. The Balaban J connectivity index is 1.53. The van der Waals surface area contributed by atoms with E-state index in [2.05, 4.69) is 9.80 Å². The van der Waals surface area contributed by atoms with Crippen LogP contribution < -0.4 is 4.90 Å². The number of piperidine rings is 1. The number of likely N-dealkylation sites (tertiary alicyclic amines) is 1. The summed E-state index contributed by atoms with van der Waals surface area (Å²) in [5.41, 5.74) is 1.56. The average molecular weight is 439 g/mol.